The Kier molecular flexibility index (Phi) is 3.90. The zero-order valence-electron chi connectivity index (χ0n) is 9.67. The number of pyridine rings is 1. The summed E-state index contributed by atoms with van der Waals surface area (Å²) in [4.78, 5) is 4.24. The van der Waals surface area contributed by atoms with Crippen molar-refractivity contribution in [3.63, 3.8) is 0 Å². The molecule has 0 aliphatic heterocycles. The lowest BCUT2D eigenvalue weighted by atomic mass is 10.2. The van der Waals surface area contributed by atoms with E-state index in [1.54, 1.807) is 13.3 Å². The molecule has 0 saturated heterocycles. The van der Waals surface area contributed by atoms with E-state index in [-0.39, 0.29) is 13.2 Å². The van der Waals surface area contributed by atoms with E-state index in [9.17, 15) is 5.11 Å². The van der Waals surface area contributed by atoms with E-state index >= 15 is 0 Å². The molecule has 4 heteroatoms. The van der Waals surface area contributed by atoms with E-state index in [1.165, 1.54) is 0 Å². The number of hydrogen-bond acceptors (Lipinski definition) is 4. The minimum Gasteiger partial charge on any atom is -0.490 e. The van der Waals surface area contributed by atoms with E-state index < -0.39 is 6.10 Å². The van der Waals surface area contributed by atoms with Gasteiger partial charge in [0, 0.05) is 18.7 Å². The first-order valence-corrected chi connectivity index (χ1v) is 5.45. The highest BCUT2D eigenvalue weighted by Gasteiger charge is 2.06. The van der Waals surface area contributed by atoms with Crippen LogP contribution >= 0.6 is 0 Å². The summed E-state index contributed by atoms with van der Waals surface area (Å²) < 4.78 is 10.4. The van der Waals surface area contributed by atoms with Gasteiger partial charge in [-0.15, -0.1) is 0 Å². The average molecular weight is 233 g/mol. The predicted octanol–water partition coefficient (Wildman–Crippen LogP) is 1.62. The number of aliphatic hydroxyl groups excluding tert-OH is 1. The first-order valence-electron chi connectivity index (χ1n) is 5.45. The molecule has 17 heavy (non-hydrogen) atoms. The van der Waals surface area contributed by atoms with E-state index in [0.717, 1.165) is 16.7 Å². The maximum absolute atomic E-state index is 9.52. The predicted molar refractivity (Wildman–Crippen MR) is 65.1 cm³/mol. The Morgan fingerprint density at radius 2 is 2.12 bits per heavy atom. The fourth-order valence-corrected chi connectivity index (χ4v) is 1.63. The lowest BCUT2D eigenvalue weighted by Crippen LogP contribution is -2.22. The highest BCUT2D eigenvalue weighted by molar-refractivity contribution is 5.84. The van der Waals surface area contributed by atoms with Crippen molar-refractivity contribution in [3.8, 4) is 5.75 Å². The van der Waals surface area contributed by atoms with Gasteiger partial charge in [-0.1, -0.05) is 6.07 Å². The van der Waals surface area contributed by atoms with Crippen LogP contribution in [0.2, 0.25) is 0 Å². The van der Waals surface area contributed by atoms with Crippen molar-refractivity contribution >= 4 is 10.9 Å². The van der Waals surface area contributed by atoms with E-state index in [4.69, 9.17) is 9.47 Å². The number of fused-ring (bicyclic) bond motifs is 1. The molecule has 0 spiro atoms. The minimum absolute atomic E-state index is 0.210. The van der Waals surface area contributed by atoms with Crippen LogP contribution in [0.15, 0.2) is 36.5 Å². The van der Waals surface area contributed by atoms with Gasteiger partial charge >= 0.3 is 0 Å². The van der Waals surface area contributed by atoms with Crippen molar-refractivity contribution in [2.75, 3.05) is 20.3 Å². The van der Waals surface area contributed by atoms with Crippen molar-refractivity contribution in [2.45, 2.75) is 6.10 Å². The summed E-state index contributed by atoms with van der Waals surface area (Å²) in [5, 5.41) is 10.5. The molecule has 2 rings (SSSR count). The van der Waals surface area contributed by atoms with Crippen LogP contribution in [0.1, 0.15) is 0 Å². The number of aromatic nitrogens is 1. The Hall–Kier alpha value is -1.65. The minimum atomic E-state index is -0.619. The number of ether oxygens (including phenoxy) is 2. The molecule has 0 bridgehead atoms. The molecule has 1 aromatic heterocycles. The summed E-state index contributed by atoms with van der Waals surface area (Å²) in [6.45, 7) is 0.477. The quantitative estimate of drug-likeness (QED) is 0.852. The number of nitrogens with zero attached hydrogens (tertiary/aromatic N) is 1. The molecule has 1 unspecified atom stereocenters. The van der Waals surface area contributed by atoms with Crippen molar-refractivity contribution in [3.05, 3.63) is 36.5 Å². The van der Waals surface area contributed by atoms with Gasteiger partial charge in [0.2, 0.25) is 0 Å². The lowest BCUT2D eigenvalue weighted by Gasteiger charge is -2.12. The number of methoxy groups -OCH3 is 1. The molecule has 0 amide bonds. The van der Waals surface area contributed by atoms with E-state index in [0.29, 0.717) is 0 Å². The molecule has 1 heterocycles. The van der Waals surface area contributed by atoms with Crippen LogP contribution in [-0.2, 0) is 4.74 Å². The Labute approximate surface area is 99.8 Å². The number of hydrogen-bond donors (Lipinski definition) is 1. The molecule has 1 aromatic carbocycles. The molecule has 4 nitrogen and oxygen atoms in total. The zero-order chi connectivity index (χ0) is 12.1. The Bertz CT molecular complexity index is 482. The van der Waals surface area contributed by atoms with Crippen LogP contribution in [-0.4, -0.2) is 36.5 Å². The second kappa shape index (κ2) is 5.61. The molecule has 0 radical (unpaired) electrons. The molecular weight excluding hydrogens is 218 g/mol. The van der Waals surface area contributed by atoms with Crippen LogP contribution in [0.25, 0.3) is 10.9 Å². The summed E-state index contributed by atoms with van der Waals surface area (Å²) in [5.74, 6) is 0.728. The van der Waals surface area contributed by atoms with Gasteiger partial charge in [0.05, 0.1) is 12.1 Å². The van der Waals surface area contributed by atoms with Crippen molar-refractivity contribution in [1.29, 1.82) is 0 Å². The molecule has 0 saturated carbocycles. The van der Waals surface area contributed by atoms with Crippen LogP contribution in [0.3, 0.4) is 0 Å². The summed E-state index contributed by atoms with van der Waals surface area (Å²) in [6, 6.07) is 9.48. The monoisotopic (exact) mass is 233 g/mol. The number of benzene rings is 1. The third-order valence-electron chi connectivity index (χ3n) is 2.40. The average Bonchev–Trinajstić information content (AvgIpc) is 2.36. The van der Waals surface area contributed by atoms with Crippen LogP contribution in [0.5, 0.6) is 5.75 Å². The fourth-order valence-electron chi connectivity index (χ4n) is 1.63. The van der Waals surface area contributed by atoms with E-state index in [1.807, 2.05) is 30.3 Å². The zero-order valence-corrected chi connectivity index (χ0v) is 9.67. The fraction of sp³-hybridized carbons (Fsp3) is 0.308. The van der Waals surface area contributed by atoms with Gasteiger partial charge in [0.25, 0.3) is 0 Å². The molecule has 1 atom stereocenters. The van der Waals surface area contributed by atoms with Gasteiger partial charge in [0.1, 0.15) is 18.5 Å². The van der Waals surface area contributed by atoms with Gasteiger partial charge in [-0.05, 0) is 24.3 Å². The van der Waals surface area contributed by atoms with Crippen LogP contribution in [0, 0.1) is 0 Å². The van der Waals surface area contributed by atoms with E-state index in [2.05, 4.69) is 4.98 Å². The number of aliphatic hydroxyl groups is 1. The molecule has 2 aromatic rings. The first kappa shape index (κ1) is 11.8. The van der Waals surface area contributed by atoms with Crippen LogP contribution in [0.4, 0.5) is 0 Å². The molecule has 90 valence electrons. The SMILES string of the molecule is COCC(O)COc1cccc2ncccc12. The molecular formula is C13H15NO3. The highest BCUT2D eigenvalue weighted by atomic mass is 16.5. The molecule has 0 fully saturated rings. The van der Waals surface area contributed by atoms with Gasteiger partial charge in [-0.2, -0.15) is 0 Å². The molecule has 0 aliphatic carbocycles. The maximum Gasteiger partial charge on any atom is 0.128 e. The molecule has 0 aliphatic rings. The Morgan fingerprint density at radius 1 is 1.24 bits per heavy atom. The second-order valence-corrected chi connectivity index (χ2v) is 3.75. The number of rotatable bonds is 5. The first-order chi connectivity index (χ1) is 8.31. The topological polar surface area (TPSA) is 51.6 Å². The summed E-state index contributed by atoms with van der Waals surface area (Å²) in [7, 11) is 1.55. The maximum atomic E-state index is 9.52. The second-order valence-electron chi connectivity index (χ2n) is 3.75. The van der Waals surface area contributed by atoms with Crippen LogP contribution < -0.4 is 4.74 Å². The normalized spacial score (nSPS) is 12.6. The third kappa shape index (κ3) is 2.93. The standard InChI is InChI=1S/C13H15NO3/c1-16-8-10(15)9-17-13-6-2-5-12-11(13)4-3-7-14-12/h2-7,10,15H,8-9H2,1H3. The van der Waals surface area contributed by atoms with Gasteiger partial charge < -0.3 is 14.6 Å². The Morgan fingerprint density at radius 3 is 2.94 bits per heavy atom. The summed E-state index contributed by atoms with van der Waals surface area (Å²) >= 11 is 0. The van der Waals surface area contributed by atoms with Crippen molar-refractivity contribution in [1.82, 2.24) is 4.98 Å². The highest BCUT2D eigenvalue weighted by Crippen LogP contribution is 2.23. The molecule has 1 N–H and O–H groups in total. The lowest BCUT2D eigenvalue weighted by molar-refractivity contribution is 0.0329. The van der Waals surface area contributed by atoms with Gasteiger partial charge in [-0.3, -0.25) is 4.98 Å². The smallest absolute Gasteiger partial charge is 0.128 e. The van der Waals surface area contributed by atoms with Gasteiger partial charge in [0.15, 0.2) is 0 Å². The largest absolute Gasteiger partial charge is 0.490 e. The summed E-state index contributed by atoms with van der Waals surface area (Å²) in [6.07, 6.45) is 1.12. The summed E-state index contributed by atoms with van der Waals surface area (Å²) in [5.41, 5.74) is 0.881. The van der Waals surface area contributed by atoms with Gasteiger partial charge in [-0.25, -0.2) is 0 Å². The van der Waals surface area contributed by atoms with Crippen molar-refractivity contribution < 1.29 is 14.6 Å². The third-order valence-corrected chi connectivity index (χ3v) is 2.40. The van der Waals surface area contributed by atoms with Crippen molar-refractivity contribution in [2.24, 2.45) is 0 Å². The Balaban J connectivity index is 2.13.